The van der Waals surface area contributed by atoms with Gasteiger partial charge in [0, 0.05) is 12.5 Å². The summed E-state index contributed by atoms with van der Waals surface area (Å²) in [5.74, 6) is -2.45. The number of benzene rings is 1. The van der Waals surface area contributed by atoms with Crippen LogP contribution in [0.3, 0.4) is 0 Å². The summed E-state index contributed by atoms with van der Waals surface area (Å²) in [5, 5.41) is 23.8. The van der Waals surface area contributed by atoms with E-state index in [1.165, 1.54) is 24.3 Å². The third-order valence-electron chi connectivity index (χ3n) is 2.59. The number of carbonyl (C=O) groups is 2. The van der Waals surface area contributed by atoms with E-state index in [-0.39, 0.29) is 11.4 Å². The Morgan fingerprint density at radius 3 is 2.50 bits per heavy atom. The second kappa shape index (κ2) is 7.86. The molecule has 1 rings (SSSR count). The van der Waals surface area contributed by atoms with Gasteiger partial charge >= 0.3 is 5.97 Å². The number of nitrogens with zero attached hydrogens (tertiary/aromatic N) is 1. The first kappa shape index (κ1) is 17.3. The van der Waals surface area contributed by atoms with Gasteiger partial charge in [-0.3, -0.25) is 14.9 Å². The summed E-state index contributed by atoms with van der Waals surface area (Å²) in [6.07, 6.45) is -3.91. The van der Waals surface area contributed by atoms with Gasteiger partial charge in [0.25, 0.3) is 5.69 Å². The van der Waals surface area contributed by atoms with Crippen LogP contribution in [0, 0.1) is 10.1 Å². The maximum absolute atomic E-state index is 12.2. The molecule has 1 amide bonds. The third-order valence-corrected chi connectivity index (χ3v) is 2.59. The molecule has 1 aromatic carbocycles. The highest BCUT2D eigenvalue weighted by Crippen LogP contribution is 2.22. The standard InChI is InChI=1S/C12H13F2N3O5/c13-10(14)5-8(12(19)20)16-11(18)6-15-7-3-1-2-4-9(7)17(21)22/h1-4,8,10,15H,5-6H2,(H,16,18)(H,19,20). The molecule has 1 unspecified atom stereocenters. The van der Waals surface area contributed by atoms with Crippen molar-refractivity contribution < 1.29 is 28.4 Å². The summed E-state index contributed by atoms with van der Waals surface area (Å²) in [6, 6.07) is 3.80. The van der Waals surface area contributed by atoms with E-state index in [9.17, 15) is 28.5 Å². The molecule has 0 spiro atoms. The first-order valence-electron chi connectivity index (χ1n) is 6.09. The van der Waals surface area contributed by atoms with Gasteiger partial charge in [0.05, 0.1) is 11.5 Å². The molecule has 0 radical (unpaired) electrons. The maximum atomic E-state index is 12.2. The lowest BCUT2D eigenvalue weighted by molar-refractivity contribution is -0.383. The monoisotopic (exact) mass is 317 g/mol. The molecule has 0 bridgehead atoms. The topological polar surface area (TPSA) is 122 Å². The number of halogens is 2. The molecule has 0 aromatic heterocycles. The van der Waals surface area contributed by atoms with Gasteiger partial charge in [-0.15, -0.1) is 0 Å². The Labute approximate surface area is 123 Å². The van der Waals surface area contributed by atoms with Crippen molar-refractivity contribution in [3.05, 3.63) is 34.4 Å². The molecular weight excluding hydrogens is 304 g/mol. The van der Waals surface area contributed by atoms with E-state index >= 15 is 0 Å². The molecule has 22 heavy (non-hydrogen) atoms. The number of anilines is 1. The van der Waals surface area contributed by atoms with Crippen LogP contribution in [0.1, 0.15) is 6.42 Å². The van der Waals surface area contributed by atoms with Crippen LogP contribution in [0.2, 0.25) is 0 Å². The summed E-state index contributed by atoms with van der Waals surface area (Å²) in [7, 11) is 0. The van der Waals surface area contributed by atoms with Crippen LogP contribution in [0.5, 0.6) is 0 Å². The molecule has 120 valence electrons. The van der Waals surface area contributed by atoms with Crippen LogP contribution in [0.4, 0.5) is 20.2 Å². The van der Waals surface area contributed by atoms with Crippen molar-refractivity contribution in [1.29, 1.82) is 0 Å². The minimum Gasteiger partial charge on any atom is -0.480 e. The highest BCUT2D eigenvalue weighted by molar-refractivity contribution is 5.86. The molecule has 0 saturated heterocycles. The second-order valence-electron chi connectivity index (χ2n) is 4.21. The number of aliphatic carboxylic acids is 1. The van der Waals surface area contributed by atoms with E-state index in [1.807, 2.05) is 5.32 Å². The van der Waals surface area contributed by atoms with Crippen molar-refractivity contribution in [3.63, 3.8) is 0 Å². The van der Waals surface area contributed by atoms with Gasteiger partial charge in [-0.2, -0.15) is 0 Å². The molecule has 3 N–H and O–H groups in total. The predicted molar refractivity (Wildman–Crippen MR) is 71.8 cm³/mol. The van der Waals surface area contributed by atoms with Gasteiger partial charge in [-0.1, -0.05) is 12.1 Å². The van der Waals surface area contributed by atoms with Crippen molar-refractivity contribution in [2.24, 2.45) is 0 Å². The van der Waals surface area contributed by atoms with Gasteiger partial charge in [0.15, 0.2) is 0 Å². The van der Waals surface area contributed by atoms with Gasteiger partial charge in [0.2, 0.25) is 12.3 Å². The van der Waals surface area contributed by atoms with E-state index < -0.39 is 42.2 Å². The van der Waals surface area contributed by atoms with Crippen LogP contribution < -0.4 is 10.6 Å². The average Bonchev–Trinajstić information content (AvgIpc) is 2.44. The Kier molecular flexibility index (Phi) is 6.17. The van der Waals surface area contributed by atoms with E-state index in [0.29, 0.717) is 0 Å². The fraction of sp³-hybridized carbons (Fsp3) is 0.333. The zero-order chi connectivity index (χ0) is 16.7. The number of nitro groups is 1. The highest BCUT2D eigenvalue weighted by Gasteiger charge is 2.24. The number of hydrogen-bond donors (Lipinski definition) is 3. The van der Waals surface area contributed by atoms with Crippen molar-refractivity contribution in [2.45, 2.75) is 18.9 Å². The number of alkyl halides is 2. The largest absolute Gasteiger partial charge is 0.480 e. The average molecular weight is 317 g/mol. The Balaban J connectivity index is 2.62. The Hall–Kier alpha value is -2.78. The van der Waals surface area contributed by atoms with Gasteiger partial charge < -0.3 is 15.7 Å². The highest BCUT2D eigenvalue weighted by atomic mass is 19.3. The number of nitrogens with one attached hydrogen (secondary N) is 2. The number of carboxylic acid groups (broad SMARTS) is 1. The normalized spacial score (nSPS) is 11.8. The van der Waals surface area contributed by atoms with Gasteiger partial charge in [0.1, 0.15) is 11.7 Å². The quantitative estimate of drug-likeness (QED) is 0.490. The summed E-state index contributed by atoms with van der Waals surface area (Å²) in [5.41, 5.74) is -0.207. The molecule has 0 saturated carbocycles. The van der Waals surface area contributed by atoms with Gasteiger partial charge in [-0.25, -0.2) is 13.6 Å². The molecule has 0 aliphatic rings. The number of carbonyl (C=O) groups excluding carboxylic acids is 1. The number of carboxylic acids is 1. The number of amides is 1. The van der Waals surface area contributed by atoms with E-state index in [0.717, 1.165) is 0 Å². The Morgan fingerprint density at radius 1 is 1.32 bits per heavy atom. The minimum absolute atomic E-state index is 0.0587. The lowest BCUT2D eigenvalue weighted by Gasteiger charge is -2.14. The molecule has 1 atom stereocenters. The van der Waals surface area contributed by atoms with Crippen molar-refractivity contribution in [2.75, 3.05) is 11.9 Å². The zero-order valence-corrected chi connectivity index (χ0v) is 11.2. The van der Waals surface area contributed by atoms with Crippen LogP contribution in [0.15, 0.2) is 24.3 Å². The first-order valence-corrected chi connectivity index (χ1v) is 6.09. The zero-order valence-electron chi connectivity index (χ0n) is 11.2. The Bertz CT molecular complexity index is 567. The predicted octanol–water partition coefficient (Wildman–Crippen LogP) is 1.23. The fourth-order valence-electron chi connectivity index (χ4n) is 1.60. The molecule has 8 nitrogen and oxygen atoms in total. The van der Waals surface area contributed by atoms with E-state index in [2.05, 4.69) is 5.32 Å². The SMILES string of the molecule is O=C(CNc1ccccc1[N+](=O)[O-])NC(CC(F)F)C(=O)O. The lowest BCUT2D eigenvalue weighted by atomic mass is 10.2. The van der Waals surface area contributed by atoms with Crippen LogP contribution >= 0.6 is 0 Å². The van der Waals surface area contributed by atoms with Crippen molar-refractivity contribution >= 4 is 23.3 Å². The smallest absolute Gasteiger partial charge is 0.326 e. The van der Waals surface area contributed by atoms with Crippen molar-refractivity contribution in [1.82, 2.24) is 5.32 Å². The van der Waals surface area contributed by atoms with Crippen LogP contribution in [-0.4, -0.2) is 40.9 Å². The summed E-state index contributed by atoms with van der Waals surface area (Å²) in [4.78, 5) is 32.4. The van der Waals surface area contributed by atoms with Crippen molar-refractivity contribution in [3.8, 4) is 0 Å². The van der Waals surface area contributed by atoms with Crippen LogP contribution in [0.25, 0.3) is 0 Å². The third kappa shape index (κ3) is 5.31. The number of nitro benzene ring substituents is 1. The number of rotatable bonds is 8. The molecule has 0 aliphatic carbocycles. The lowest BCUT2D eigenvalue weighted by Crippen LogP contribution is -2.44. The number of para-hydroxylation sites is 2. The fourth-order valence-corrected chi connectivity index (χ4v) is 1.60. The second-order valence-corrected chi connectivity index (χ2v) is 4.21. The van der Waals surface area contributed by atoms with E-state index in [1.54, 1.807) is 0 Å². The molecule has 1 aromatic rings. The van der Waals surface area contributed by atoms with Gasteiger partial charge in [-0.05, 0) is 6.07 Å². The maximum Gasteiger partial charge on any atom is 0.326 e. The Morgan fingerprint density at radius 2 is 1.95 bits per heavy atom. The summed E-state index contributed by atoms with van der Waals surface area (Å²) < 4.78 is 24.4. The molecule has 0 heterocycles. The molecule has 0 fully saturated rings. The molecular formula is C12H13F2N3O5. The first-order chi connectivity index (χ1) is 10.3. The van der Waals surface area contributed by atoms with E-state index in [4.69, 9.17) is 5.11 Å². The molecule has 0 aliphatic heterocycles. The summed E-state index contributed by atoms with van der Waals surface area (Å²) >= 11 is 0. The molecule has 10 heteroatoms. The number of hydrogen-bond acceptors (Lipinski definition) is 5. The summed E-state index contributed by atoms with van der Waals surface area (Å²) in [6.45, 7) is -0.488. The van der Waals surface area contributed by atoms with Crippen LogP contribution in [-0.2, 0) is 9.59 Å². The minimum atomic E-state index is -2.88.